The molecule has 4 rings (SSSR count). The summed E-state index contributed by atoms with van der Waals surface area (Å²) in [6, 6.07) is 5.37. The molecule has 1 atom stereocenters. The Kier molecular flexibility index (Phi) is 4.60. The van der Waals surface area contributed by atoms with Gasteiger partial charge in [-0.1, -0.05) is 6.92 Å². The molecular formula is C19H19F3N4O2. The summed E-state index contributed by atoms with van der Waals surface area (Å²) in [5, 5.41) is 3.96. The third-order valence-corrected chi connectivity index (χ3v) is 5.07. The average molecular weight is 392 g/mol. The van der Waals surface area contributed by atoms with Crippen molar-refractivity contribution >= 4 is 11.6 Å². The summed E-state index contributed by atoms with van der Waals surface area (Å²) >= 11 is 0. The number of hydrogen-bond acceptors (Lipinski definition) is 4. The minimum absolute atomic E-state index is 0.0325. The first-order valence-electron chi connectivity index (χ1n) is 9.21. The number of likely N-dealkylation sites (tertiary alicyclic amines) is 1. The summed E-state index contributed by atoms with van der Waals surface area (Å²) in [5.74, 6) is -0.145. The lowest BCUT2D eigenvalue weighted by molar-refractivity contribution is -0.142. The molecule has 28 heavy (non-hydrogen) atoms. The van der Waals surface area contributed by atoms with E-state index in [0.717, 1.165) is 31.7 Å². The molecule has 0 spiro atoms. The largest absolute Gasteiger partial charge is 0.463 e. The number of nitrogens with zero attached hydrogens (tertiary/aromatic N) is 4. The van der Waals surface area contributed by atoms with Crippen LogP contribution < -0.4 is 0 Å². The Bertz CT molecular complexity index is 995. The quantitative estimate of drug-likeness (QED) is 0.662. The number of amides is 1. The molecule has 3 aromatic heterocycles. The maximum atomic E-state index is 13.6. The molecule has 1 aliphatic heterocycles. The van der Waals surface area contributed by atoms with Gasteiger partial charge in [0.1, 0.15) is 5.69 Å². The van der Waals surface area contributed by atoms with E-state index < -0.39 is 11.9 Å². The fraction of sp³-hybridized carbons (Fsp3) is 0.421. The Balaban J connectivity index is 1.80. The third-order valence-electron chi connectivity index (χ3n) is 5.07. The number of hydrogen-bond donors (Lipinski definition) is 0. The number of aromatic nitrogens is 3. The first-order chi connectivity index (χ1) is 13.4. The zero-order valence-electron chi connectivity index (χ0n) is 15.2. The van der Waals surface area contributed by atoms with E-state index in [2.05, 4.69) is 10.1 Å². The van der Waals surface area contributed by atoms with Crippen molar-refractivity contribution in [3.05, 3.63) is 41.9 Å². The van der Waals surface area contributed by atoms with Crippen LogP contribution in [0.15, 0.2) is 34.9 Å². The molecule has 0 unspecified atom stereocenters. The highest BCUT2D eigenvalue weighted by atomic mass is 19.4. The molecule has 0 saturated carbocycles. The lowest BCUT2D eigenvalue weighted by Gasteiger charge is -2.34. The first kappa shape index (κ1) is 18.5. The van der Waals surface area contributed by atoms with Crippen LogP contribution in [0, 0.1) is 0 Å². The van der Waals surface area contributed by atoms with Gasteiger partial charge in [0.25, 0.3) is 5.91 Å². The summed E-state index contributed by atoms with van der Waals surface area (Å²) in [5.41, 5.74) is -1.05. The molecule has 1 saturated heterocycles. The van der Waals surface area contributed by atoms with Crippen LogP contribution in [0.1, 0.15) is 48.8 Å². The minimum atomic E-state index is -4.66. The van der Waals surface area contributed by atoms with E-state index in [1.165, 1.54) is 18.4 Å². The van der Waals surface area contributed by atoms with E-state index in [1.807, 2.05) is 6.92 Å². The molecule has 0 N–H and O–H groups in total. The second kappa shape index (κ2) is 6.96. The number of carbonyl (C=O) groups is 1. The van der Waals surface area contributed by atoms with Crippen LogP contribution in [-0.4, -0.2) is 38.0 Å². The number of halogens is 3. The number of rotatable bonds is 3. The van der Waals surface area contributed by atoms with Crippen molar-refractivity contribution < 1.29 is 22.4 Å². The van der Waals surface area contributed by atoms with Gasteiger partial charge in [0, 0.05) is 18.7 Å². The zero-order chi connectivity index (χ0) is 19.9. The Labute approximate surface area is 159 Å². The van der Waals surface area contributed by atoms with E-state index in [4.69, 9.17) is 4.42 Å². The normalized spacial score (nSPS) is 18.0. The second-order valence-electron chi connectivity index (χ2n) is 6.86. The molecule has 6 nitrogen and oxygen atoms in total. The van der Waals surface area contributed by atoms with E-state index in [0.29, 0.717) is 11.1 Å². The number of fused-ring (bicyclic) bond motifs is 1. The van der Waals surface area contributed by atoms with Crippen LogP contribution in [0.5, 0.6) is 0 Å². The molecule has 0 bridgehead atoms. The van der Waals surface area contributed by atoms with Crippen molar-refractivity contribution in [2.75, 3.05) is 6.54 Å². The lowest BCUT2D eigenvalue weighted by atomic mass is 9.99. The van der Waals surface area contributed by atoms with Gasteiger partial charge in [-0.2, -0.15) is 18.3 Å². The highest BCUT2D eigenvalue weighted by molar-refractivity contribution is 5.93. The summed E-state index contributed by atoms with van der Waals surface area (Å²) in [4.78, 5) is 18.9. The molecule has 9 heteroatoms. The van der Waals surface area contributed by atoms with E-state index in [1.54, 1.807) is 11.0 Å². The number of carbonyl (C=O) groups excluding carboxylic acids is 1. The number of piperidine rings is 1. The predicted molar refractivity (Wildman–Crippen MR) is 94.7 cm³/mol. The monoisotopic (exact) mass is 392 g/mol. The predicted octanol–water partition coefficient (Wildman–Crippen LogP) is 4.41. The summed E-state index contributed by atoms with van der Waals surface area (Å²) < 4.78 is 46.7. The van der Waals surface area contributed by atoms with Crippen LogP contribution >= 0.6 is 0 Å². The van der Waals surface area contributed by atoms with Gasteiger partial charge in [-0.3, -0.25) is 4.79 Å². The molecule has 0 radical (unpaired) electrons. The second-order valence-corrected chi connectivity index (χ2v) is 6.86. The van der Waals surface area contributed by atoms with Gasteiger partial charge >= 0.3 is 6.18 Å². The van der Waals surface area contributed by atoms with Crippen LogP contribution in [0.2, 0.25) is 0 Å². The van der Waals surface area contributed by atoms with Gasteiger partial charge in [0.2, 0.25) is 0 Å². The van der Waals surface area contributed by atoms with Gasteiger partial charge in [-0.15, -0.1) is 0 Å². The molecule has 1 aliphatic rings. The molecule has 0 aliphatic carbocycles. The Morgan fingerprint density at radius 2 is 2.14 bits per heavy atom. The zero-order valence-corrected chi connectivity index (χ0v) is 15.2. The molecule has 148 valence electrons. The van der Waals surface area contributed by atoms with Crippen molar-refractivity contribution in [1.82, 2.24) is 19.5 Å². The fourth-order valence-corrected chi connectivity index (χ4v) is 3.67. The maximum absolute atomic E-state index is 13.6. The van der Waals surface area contributed by atoms with Gasteiger partial charge in [-0.25, -0.2) is 9.50 Å². The number of furan rings is 1. The Morgan fingerprint density at radius 3 is 2.82 bits per heavy atom. The molecular weight excluding hydrogens is 373 g/mol. The topological polar surface area (TPSA) is 63.6 Å². The SMILES string of the molecule is CC[C@@H]1CCCCN1C(=O)c1cc2nc(-c3ccco3)cc(C(F)(F)F)n2n1. The third kappa shape index (κ3) is 3.25. The maximum Gasteiger partial charge on any atom is 0.433 e. The van der Waals surface area contributed by atoms with Crippen molar-refractivity contribution in [3.8, 4) is 11.5 Å². The smallest absolute Gasteiger partial charge is 0.433 e. The van der Waals surface area contributed by atoms with E-state index >= 15 is 0 Å². The van der Waals surface area contributed by atoms with Gasteiger partial charge < -0.3 is 9.32 Å². The highest BCUT2D eigenvalue weighted by Gasteiger charge is 2.36. The Hall–Kier alpha value is -2.84. The Morgan fingerprint density at radius 1 is 1.32 bits per heavy atom. The summed E-state index contributed by atoms with van der Waals surface area (Å²) in [6.07, 6.45) is 0.315. The molecule has 3 aromatic rings. The average Bonchev–Trinajstić information content (AvgIpc) is 3.35. The molecule has 1 amide bonds. The summed E-state index contributed by atoms with van der Waals surface area (Å²) in [6.45, 7) is 2.58. The highest BCUT2D eigenvalue weighted by Crippen LogP contribution is 2.32. The van der Waals surface area contributed by atoms with E-state index in [-0.39, 0.29) is 34.7 Å². The standard InChI is InChI=1S/C19H19F3N4O2/c1-2-12-6-3-4-8-25(12)18(27)14-11-17-23-13(15-7-5-9-28-15)10-16(19(20,21)22)26(17)24-14/h5,7,9-12H,2-4,6,8H2,1H3/t12-/m1/s1. The minimum Gasteiger partial charge on any atom is -0.463 e. The molecule has 1 fully saturated rings. The fourth-order valence-electron chi connectivity index (χ4n) is 3.67. The van der Waals surface area contributed by atoms with Crippen molar-refractivity contribution in [3.63, 3.8) is 0 Å². The van der Waals surface area contributed by atoms with E-state index in [9.17, 15) is 18.0 Å². The van der Waals surface area contributed by atoms with Crippen LogP contribution in [0.3, 0.4) is 0 Å². The lowest BCUT2D eigenvalue weighted by Crippen LogP contribution is -2.43. The van der Waals surface area contributed by atoms with Crippen LogP contribution in [0.4, 0.5) is 13.2 Å². The van der Waals surface area contributed by atoms with Gasteiger partial charge in [0.15, 0.2) is 22.8 Å². The van der Waals surface area contributed by atoms with Gasteiger partial charge in [0.05, 0.1) is 6.26 Å². The van der Waals surface area contributed by atoms with Crippen molar-refractivity contribution in [1.29, 1.82) is 0 Å². The first-order valence-corrected chi connectivity index (χ1v) is 9.21. The summed E-state index contributed by atoms with van der Waals surface area (Å²) in [7, 11) is 0. The number of alkyl halides is 3. The van der Waals surface area contributed by atoms with Crippen molar-refractivity contribution in [2.45, 2.75) is 44.8 Å². The van der Waals surface area contributed by atoms with Crippen molar-refractivity contribution in [2.24, 2.45) is 0 Å². The van der Waals surface area contributed by atoms with Gasteiger partial charge in [-0.05, 0) is 43.9 Å². The molecule has 4 heterocycles. The molecule has 0 aromatic carbocycles. The van der Waals surface area contributed by atoms with Crippen LogP contribution in [0.25, 0.3) is 17.1 Å². The van der Waals surface area contributed by atoms with Crippen LogP contribution in [-0.2, 0) is 6.18 Å².